The molecule has 3 nitrogen and oxygen atoms in total. The van der Waals surface area contributed by atoms with Crippen LogP contribution in [0.1, 0.15) is 216 Å². The summed E-state index contributed by atoms with van der Waals surface area (Å²) in [6.07, 6.45) is 0. The van der Waals surface area contributed by atoms with Gasteiger partial charge in [-0.2, -0.15) is 0 Å². The van der Waals surface area contributed by atoms with Crippen LogP contribution in [0.4, 0.5) is 34.1 Å². The molecule has 2 aromatic heterocycles. The van der Waals surface area contributed by atoms with Crippen LogP contribution < -0.4 is 9.80 Å². The summed E-state index contributed by atoms with van der Waals surface area (Å²) < 4.78 is 5.05. The number of benzene rings is 18. The smallest absolute Gasteiger partial charge is 0.0541 e. The molecule has 142 heavy (non-hydrogen) atoms. The maximum atomic E-state index is 2.55. The fraction of sp³-hybridized carbons (Fsp3) is 0.217. The Morgan fingerprint density at radius 1 is 0.176 bits per heavy atom. The first-order valence-corrected chi connectivity index (χ1v) is 52.1. The van der Waals surface area contributed by atoms with Crippen LogP contribution in [-0.4, -0.2) is 4.57 Å². The van der Waals surface area contributed by atoms with E-state index in [2.05, 4.69) is 535 Å². The van der Waals surface area contributed by atoms with Crippen LogP contribution in [0.15, 0.2) is 382 Å². The molecular formula is C138H123N3S. The van der Waals surface area contributed by atoms with Gasteiger partial charge in [0.2, 0.25) is 0 Å². The first kappa shape index (κ1) is 89.0. The quantitative estimate of drug-likeness (QED) is 0.150. The predicted molar refractivity (Wildman–Crippen MR) is 606 cm³/mol. The van der Waals surface area contributed by atoms with Crippen molar-refractivity contribution in [1.29, 1.82) is 0 Å². The number of para-hydroxylation sites is 4. The molecule has 7 aliphatic rings. The summed E-state index contributed by atoms with van der Waals surface area (Å²) in [6.45, 7) is 48.3. The highest BCUT2D eigenvalue weighted by atomic mass is 32.1. The number of aromatic nitrogens is 1. The fourth-order valence-electron chi connectivity index (χ4n) is 26.7. The fourth-order valence-corrected chi connectivity index (χ4v) is 27.8. The Kier molecular flexibility index (Phi) is 19.4. The lowest BCUT2D eigenvalue weighted by Crippen LogP contribution is -2.43. The molecule has 0 saturated carbocycles. The molecule has 0 saturated heterocycles. The summed E-state index contributed by atoms with van der Waals surface area (Å²) >= 11 is 1.87. The predicted octanol–water partition coefficient (Wildman–Crippen LogP) is 38.1. The van der Waals surface area contributed by atoms with Crippen molar-refractivity contribution in [3.8, 4) is 94.7 Å². The van der Waals surface area contributed by atoms with Gasteiger partial charge in [0.05, 0.1) is 11.0 Å². The van der Waals surface area contributed by atoms with Crippen molar-refractivity contribution in [2.24, 2.45) is 0 Å². The maximum absolute atomic E-state index is 2.55. The van der Waals surface area contributed by atoms with E-state index in [0.717, 1.165) is 5.69 Å². The first-order valence-electron chi connectivity index (χ1n) is 51.3. The van der Waals surface area contributed by atoms with E-state index in [4.69, 9.17) is 0 Å². The molecule has 0 aliphatic heterocycles. The summed E-state index contributed by atoms with van der Waals surface area (Å²) in [4.78, 5) is 4.88. The Labute approximate surface area is 843 Å². The van der Waals surface area contributed by atoms with Gasteiger partial charge in [0.1, 0.15) is 0 Å². The van der Waals surface area contributed by atoms with Crippen molar-refractivity contribution in [1.82, 2.24) is 4.57 Å². The summed E-state index contributed by atoms with van der Waals surface area (Å²) in [6, 6.07) is 144. The number of thiophene rings is 1. The van der Waals surface area contributed by atoms with Gasteiger partial charge in [0.25, 0.3) is 0 Å². The molecule has 0 atom stereocenters. The average molecular weight is 1860 g/mol. The Hall–Kier alpha value is -14.4. The topological polar surface area (TPSA) is 11.4 Å². The lowest BCUT2D eigenvalue weighted by atomic mass is 9.54. The zero-order valence-corrected chi connectivity index (χ0v) is 86.4. The molecule has 0 spiro atoms. The van der Waals surface area contributed by atoms with Crippen LogP contribution in [-0.2, 0) is 54.1 Å². The maximum Gasteiger partial charge on any atom is 0.0541 e. The van der Waals surface area contributed by atoms with E-state index in [1.54, 1.807) is 0 Å². The molecule has 18 aromatic carbocycles. The van der Waals surface area contributed by atoms with E-state index >= 15 is 0 Å². The first-order chi connectivity index (χ1) is 68.0. The van der Waals surface area contributed by atoms with E-state index < -0.39 is 0 Å². The van der Waals surface area contributed by atoms with Gasteiger partial charge in [-0.15, -0.1) is 11.3 Å². The molecular weight excluding hydrogens is 1730 g/mol. The summed E-state index contributed by atoms with van der Waals surface area (Å²) in [5.41, 5.74) is 52.3. The monoisotopic (exact) mass is 1850 g/mol. The van der Waals surface area contributed by atoms with E-state index in [-0.39, 0.29) is 54.1 Å². The number of rotatable bonds is 8. The summed E-state index contributed by atoms with van der Waals surface area (Å²) in [7, 11) is 0. The van der Waals surface area contributed by atoms with E-state index in [1.807, 2.05) is 11.3 Å². The highest BCUT2D eigenvalue weighted by molar-refractivity contribution is 7.25. The average Bonchev–Trinajstić information content (AvgIpc) is 1.47. The minimum Gasteiger partial charge on any atom is -0.310 e. The normalized spacial score (nSPS) is 16.9. The zero-order valence-electron chi connectivity index (χ0n) is 85.6. The van der Waals surface area contributed by atoms with Crippen LogP contribution in [0, 0.1) is 0 Å². The van der Waals surface area contributed by atoms with Gasteiger partial charge >= 0.3 is 0 Å². The van der Waals surface area contributed by atoms with Gasteiger partial charge in [0.15, 0.2) is 0 Å². The second-order valence-corrected chi connectivity index (χ2v) is 47.8. The third kappa shape index (κ3) is 12.5. The van der Waals surface area contributed by atoms with E-state index in [1.165, 1.54) is 243 Å². The number of hydrogen-bond acceptors (Lipinski definition) is 3. The molecule has 27 rings (SSSR count). The third-order valence-corrected chi connectivity index (χ3v) is 38.0. The molecule has 4 heteroatoms. The Balaban J connectivity index is 0.000000112. The minimum absolute atomic E-state index is 0.00330. The van der Waals surface area contributed by atoms with Crippen molar-refractivity contribution in [3.05, 3.63) is 460 Å². The van der Waals surface area contributed by atoms with Crippen molar-refractivity contribution in [2.45, 2.75) is 193 Å². The number of fused-ring (bicyclic) bond motifs is 29. The molecule has 20 aromatic rings. The molecule has 0 unspecified atom stereocenters. The molecule has 0 radical (unpaired) electrons. The Morgan fingerprint density at radius 3 is 0.993 bits per heavy atom. The summed E-state index contributed by atoms with van der Waals surface area (Å²) in [5, 5.41) is 5.22. The van der Waals surface area contributed by atoms with Gasteiger partial charge < -0.3 is 14.4 Å². The lowest BCUT2D eigenvalue weighted by molar-refractivity contribution is 0.299. The van der Waals surface area contributed by atoms with Crippen LogP contribution in [0.25, 0.3) is 137 Å². The van der Waals surface area contributed by atoms with Crippen LogP contribution in [0.3, 0.4) is 0 Å². The largest absolute Gasteiger partial charge is 0.310 e. The zero-order chi connectivity index (χ0) is 98.0. The van der Waals surface area contributed by atoms with Crippen LogP contribution in [0.2, 0.25) is 0 Å². The summed E-state index contributed by atoms with van der Waals surface area (Å²) in [5.74, 6) is 0. The minimum atomic E-state index is -0.147. The van der Waals surface area contributed by atoms with E-state index in [0.29, 0.717) is 0 Å². The van der Waals surface area contributed by atoms with Gasteiger partial charge in [-0.25, -0.2) is 0 Å². The molecule has 0 N–H and O–H groups in total. The molecule has 7 aliphatic carbocycles. The van der Waals surface area contributed by atoms with Gasteiger partial charge in [-0.3, -0.25) is 0 Å². The van der Waals surface area contributed by atoms with Crippen LogP contribution in [0.5, 0.6) is 0 Å². The standard InChI is InChI=1S/C48H45N.C45H39NS.C45H39N/c1-45(2)39-20-14-12-18-33(39)35-24-22-31(26-41(35)45)49(30-16-10-9-11-17-30)32-23-25-36-37-29-44-38(28-43(37)46(3,4)42(36)27-32)34-19-13-15-21-40(34)47(5,6)48(44,7)8;1-43(2)36-23-24-37-42(32-17-10-12-18-35(32)44(3,4)45(37,5)6)41(36)33-22-20-30(27-38(33)43)46(28-14-8-7-9-15-28)29-21-25-40-34(26-29)31-16-11-13-19-39(31)47-40;1-43(2)36-25-26-37-42(33-15-7-10-16-35(33)44(3,4)45(37,5)6)41(36)34-24-21-29(27-38(34)43)28-19-22-30(23-20-28)46-39-17-11-8-13-31(39)32-14-9-12-18-40(32)46/h9-29H,1-8H3;7-27H,1-6H3;7-27H,1-6H3. The SMILES string of the molecule is CC1(C)c2cc(-c3ccc(-n4c5ccccc5c5ccccc54)cc3)ccc2-c2c1ccc1c2-c2ccccc2C(C)(C)C1(C)C.CC1(C)c2cc(N(c3ccccc3)c3ccc4sc5ccccc5c4c3)ccc2-c2c1ccc1c2-c2ccccc2C(C)(C)C1(C)C.CC1(C)c2ccccc2-c2ccc(N(c3ccccc3)c3ccc4c(c3)C(C)(C)c3cc5c(cc3-4)C(C)(C)C(C)(C)c3ccccc3-5)cc21. The van der Waals surface area contributed by atoms with Crippen LogP contribution >= 0.6 is 11.3 Å². The van der Waals surface area contributed by atoms with Crippen molar-refractivity contribution in [3.63, 3.8) is 0 Å². The molecule has 2 heterocycles. The Morgan fingerprint density at radius 2 is 0.479 bits per heavy atom. The third-order valence-electron chi connectivity index (χ3n) is 36.8. The number of hydrogen-bond donors (Lipinski definition) is 0. The molecule has 0 amide bonds. The van der Waals surface area contributed by atoms with Crippen molar-refractivity contribution >= 4 is 87.4 Å². The Bertz CT molecular complexity index is 8650. The molecule has 696 valence electrons. The van der Waals surface area contributed by atoms with Gasteiger partial charge in [0, 0.05) is 92.4 Å². The number of nitrogens with zero attached hydrogens (tertiary/aromatic N) is 3. The molecule has 0 bridgehead atoms. The second-order valence-electron chi connectivity index (χ2n) is 46.7. The highest BCUT2D eigenvalue weighted by Gasteiger charge is 2.53. The van der Waals surface area contributed by atoms with E-state index in [9.17, 15) is 0 Å². The number of anilines is 6. The van der Waals surface area contributed by atoms with Gasteiger partial charge in [-0.05, 0) is 327 Å². The lowest BCUT2D eigenvalue weighted by Gasteiger charge is -2.49. The second kappa shape index (κ2) is 31.0. The molecule has 0 fully saturated rings. The van der Waals surface area contributed by atoms with Crippen molar-refractivity contribution in [2.75, 3.05) is 9.80 Å². The van der Waals surface area contributed by atoms with Gasteiger partial charge in [-0.1, -0.05) is 393 Å². The highest BCUT2D eigenvalue weighted by Crippen LogP contribution is 2.66. The van der Waals surface area contributed by atoms with Crippen molar-refractivity contribution < 1.29 is 0 Å².